The Morgan fingerprint density at radius 3 is 2.81 bits per heavy atom. The van der Waals surface area contributed by atoms with Crippen LogP contribution in [0.2, 0.25) is 0 Å². The second-order valence-corrected chi connectivity index (χ2v) is 4.72. The van der Waals surface area contributed by atoms with Gasteiger partial charge in [0.1, 0.15) is 0 Å². The number of primary amides is 1. The number of hydrogen-bond acceptors (Lipinski definition) is 4. The number of aromatic nitrogens is 3. The highest BCUT2D eigenvalue weighted by Gasteiger charge is 2.13. The van der Waals surface area contributed by atoms with E-state index in [-0.39, 0.29) is 0 Å². The SMILES string of the molecule is CNc1cc(-n2nc(C)c3ccccc32)ncc1C(N)=O. The molecule has 0 aliphatic carbocycles. The Labute approximate surface area is 121 Å². The number of carbonyl (C=O) groups is 1. The van der Waals surface area contributed by atoms with Crippen LogP contribution in [0.3, 0.4) is 0 Å². The van der Waals surface area contributed by atoms with E-state index in [4.69, 9.17) is 5.73 Å². The van der Waals surface area contributed by atoms with Crippen molar-refractivity contribution < 1.29 is 4.79 Å². The second-order valence-electron chi connectivity index (χ2n) is 4.72. The summed E-state index contributed by atoms with van der Waals surface area (Å²) in [5, 5.41) is 8.55. The van der Waals surface area contributed by atoms with E-state index >= 15 is 0 Å². The zero-order valence-corrected chi connectivity index (χ0v) is 11.8. The number of pyridine rings is 1. The number of para-hydroxylation sites is 1. The van der Waals surface area contributed by atoms with Gasteiger partial charge in [0.25, 0.3) is 5.91 Å². The van der Waals surface area contributed by atoms with Crippen molar-refractivity contribution in [1.82, 2.24) is 14.8 Å². The monoisotopic (exact) mass is 281 g/mol. The van der Waals surface area contributed by atoms with Gasteiger partial charge in [0, 0.05) is 24.7 Å². The molecule has 3 aromatic rings. The average Bonchev–Trinajstić information content (AvgIpc) is 2.84. The van der Waals surface area contributed by atoms with E-state index in [1.54, 1.807) is 17.8 Å². The van der Waals surface area contributed by atoms with E-state index in [2.05, 4.69) is 15.4 Å². The van der Waals surface area contributed by atoms with Crippen LogP contribution in [0.4, 0.5) is 5.69 Å². The summed E-state index contributed by atoms with van der Waals surface area (Å²) < 4.78 is 1.76. The standard InChI is InChI=1S/C15H15N5O/c1-9-10-5-3-4-6-13(10)20(19-9)14-7-12(17-2)11(8-18-14)15(16)21/h3-8H,1-2H3,(H2,16,21)(H,17,18). The first-order valence-corrected chi connectivity index (χ1v) is 6.54. The Morgan fingerprint density at radius 1 is 1.33 bits per heavy atom. The van der Waals surface area contributed by atoms with Gasteiger partial charge in [0.15, 0.2) is 5.82 Å². The van der Waals surface area contributed by atoms with Gasteiger partial charge in [-0.2, -0.15) is 5.10 Å². The highest BCUT2D eigenvalue weighted by atomic mass is 16.1. The average molecular weight is 281 g/mol. The number of aryl methyl sites for hydroxylation is 1. The molecule has 0 fully saturated rings. The summed E-state index contributed by atoms with van der Waals surface area (Å²) in [6, 6.07) is 9.70. The number of anilines is 1. The normalized spacial score (nSPS) is 10.8. The summed E-state index contributed by atoms with van der Waals surface area (Å²) in [7, 11) is 1.73. The van der Waals surface area contributed by atoms with Crippen LogP contribution in [-0.4, -0.2) is 27.7 Å². The van der Waals surface area contributed by atoms with Gasteiger partial charge < -0.3 is 11.1 Å². The largest absolute Gasteiger partial charge is 0.387 e. The molecule has 3 N–H and O–H groups in total. The van der Waals surface area contributed by atoms with Gasteiger partial charge in [-0.05, 0) is 13.0 Å². The third kappa shape index (κ3) is 2.10. The van der Waals surface area contributed by atoms with E-state index in [1.165, 1.54) is 6.20 Å². The molecule has 3 rings (SSSR count). The van der Waals surface area contributed by atoms with Crippen LogP contribution in [-0.2, 0) is 0 Å². The van der Waals surface area contributed by atoms with Crippen molar-refractivity contribution in [3.05, 3.63) is 47.8 Å². The highest BCUT2D eigenvalue weighted by Crippen LogP contribution is 2.23. The van der Waals surface area contributed by atoms with E-state index in [0.717, 1.165) is 16.6 Å². The molecule has 0 unspecified atom stereocenters. The number of nitrogens with two attached hydrogens (primary N) is 1. The van der Waals surface area contributed by atoms with Gasteiger partial charge in [0.2, 0.25) is 0 Å². The fourth-order valence-corrected chi connectivity index (χ4v) is 2.36. The van der Waals surface area contributed by atoms with E-state index in [1.807, 2.05) is 31.2 Å². The number of fused-ring (bicyclic) bond motifs is 1. The van der Waals surface area contributed by atoms with E-state index < -0.39 is 5.91 Å². The van der Waals surface area contributed by atoms with Crippen LogP contribution >= 0.6 is 0 Å². The maximum absolute atomic E-state index is 11.4. The van der Waals surface area contributed by atoms with Crippen LogP contribution in [0.1, 0.15) is 16.1 Å². The lowest BCUT2D eigenvalue weighted by Gasteiger charge is -2.09. The second kappa shape index (κ2) is 4.90. The zero-order valence-electron chi connectivity index (χ0n) is 11.8. The van der Waals surface area contributed by atoms with Crippen molar-refractivity contribution in [3.63, 3.8) is 0 Å². The van der Waals surface area contributed by atoms with Crippen molar-refractivity contribution >= 4 is 22.5 Å². The minimum Gasteiger partial charge on any atom is -0.387 e. The summed E-state index contributed by atoms with van der Waals surface area (Å²) in [5.74, 6) is 0.119. The topological polar surface area (TPSA) is 85.8 Å². The first-order valence-electron chi connectivity index (χ1n) is 6.54. The summed E-state index contributed by atoms with van der Waals surface area (Å²) in [6.07, 6.45) is 1.47. The van der Waals surface area contributed by atoms with Gasteiger partial charge >= 0.3 is 0 Å². The summed E-state index contributed by atoms with van der Waals surface area (Å²) >= 11 is 0. The lowest BCUT2D eigenvalue weighted by molar-refractivity contribution is 0.100. The van der Waals surface area contributed by atoms with Crippen molar-refractivity contribution in [2.75, 3.05) is 12.4 Å². The predicted octanol–water partition coefficient (Wildman–Crippen LogP) is 1.87. The third-order valence-corrected chi connectivity index (χ3v) is 3.41. The van der Waals surface area contributed by atoms with Crippen molar-refractivity contribution in [1.29, 1.82) is 0 Å². The van der Waals surface area contributed by atoms with Gasteiger partial charge in [-0.25, -0.2) is 9.67 Å². The third-order valence-electron chi connectivity index (χ3n) is 3.41. The smallest absolute Gasteiger partial charge is 0.252 e. The van der Waals surface area contributed by atoms with Gasteiger partial charge in [-0.15, -0.1) is 0 Å². The Morgan fingerprint density at radius 2 is 2.10 bits per heavy atom. The zero-order chi connectivity index (χ0) is 15.0. The molecule has 2 aromatic heterocycles. The molecular weight excluding hydrogens is 266 g/mol. The lowest BCUT2D eigenvalue weighted by Crippen LogP contribution is -2.15. The molecule has 0 spiro atoms. The molecule has 2 heterocycles. The molecular formula is C15H15N5O. The van der Waals surface area contributed by atoms with Gasteiger partial charge in [0.05, 0.1) is 22.5 Å². The minimum absolute atomic E-state index is 0.356. The Bertz CT molecular complexity index is 837. The predicted molar refractivity (Wildman–Crippen MR) is 81.7 cm³/mol. The fraction of sp³-hybridized carbons (Fsp3) is 0.133. The number of nitrogens with zero attached hydrogens (tertiary/aromatic N) is 3. The quantitative estimate of drug-likeness (QED) is 0.767. The molecule has 0 saturated heterocycles. The fourth-order valence-electron chi connectivity index (χ4n) is 2.36. The minimum atomic E-state index is -0.514. The number of amides is 1. The first-order chi connectivity index (χ1) is 10.1. The molecule has 0 aliphatic rings. The van der Waals surface area contributed by atoms with E-state index in [0.29, 0.717) is 17.1 Å². The molecule has 6 nitrogen and oxygen atoms in total. The van der Waals surface area contributed by atoms with Crippen LogP contribution in [0.25, 0.3) is 16.7 Å². The molecule has 0 saturated carbocycles. The first kappa shape index (κ1) is 13.1. The van der Waals surface area contributed by atoms with Gasteiger partial charge in [-0.3, -0.25) is 4.79 Å². The molecule has 1 aromatic carbocycles. The molecule has 106 valence electrons. The van der Waals surface area contributed by atoms with Crippen LogP contribution in [0.15, 0.2) is 36.5 Å². The van der Waals surface area contributed by atoms with Crippen molar-refractivity contribution in [2.45, 2.75) is 6.92 Å². The Hall–Kier alpha value is -2.89. The summed E-state index contributed by atoms with van der Waals surface area (Å²) in [6.45, 7) is 1.95. The van der Waals surface area contributed by atoms with Crippen molar-refractivity contribution in [3.8, 4) is 5.82 Å². The molecule has 6 heteroatoms. The molecule has 0 atom stereocenters. The highest BCUT2D eigenvalue weighted by molar-refractivity contribution is 5.98. The molecule has 0 bridgehead atoms. The van der Waals surface area contributed by atoms with Gasteiger partial charge in [-0.1, -0.05) is 18.2 Å². The summed E-state index contributed by atoms with van der Waals surface area (Å²) in [5.41, 5.74) is 8.21. The number of benzene rings is 1. The summed E-state index contributed by atoms with van der Waals surface area (Å²) in [4.78, 5) is 15.7. The Balaban J connectivity index is 2.21. The lowest BCUT2D eigenvalue weighted by atomic mass is 10.2. The number of hydrogen-bond donors (Lipinski definition) is 2. The molecule has 0 radical (unpaired) electrons. The number of carbonyl (C=O) groups excluding carboxylic acids is 1. The number of rotatable bonds is 3. The molecule has 1 amide bonds. The van der Waals surface area contributed by atoms with Crippen LogP contribution in [0.5, 0.6) is 0 Å². The number of nitrogens with one attached hydrogen (secondary N) is 1. The molecule has 0 aliphatic heterocycles. The van der Waals surface area contributed by atoms with Crippen LogP contribution in [0, 0.1) is 6.92 Å². The maximum atomic E-state index is 11.4. The van der Waals surface area contributed by atoms with E-state index in [9.17, 15) is 4.79 Å². The van der Waals surface area contributed by atoms with Crippen LogP contribution < -0.4 is 11.1 Å². The van der Waals surface area contributed by atoms with Crippen molar-refractivity contribution in [2.24, 2.45) is 5.73 Å². The Kier molecular flexibility index (Phi) is 3.06. The molecule has 21 heavy (non-hydrogen) atoms. The maximum Gasteiger partial charge on any atom is 0.252 e.